The molecule has 0 aliphatic heterocycles. The van der Waals surface area contributed by atoms with Gasteiger partial charge < -0.3 is 4.74 Å². The maximum atomic E-state index is 11.8. The number of carbonyl (C=O) groups is 1. The van der Waals surface area contributed by atoms with Crippen molar-refractivity contribution < 1.29 is 9.53 Å². The zero-order valence-corrected chi connectivity index (χ0v) is 11.1. The van der Waals surface area contributed by atoms with Crippen molar-refractivity contribution in [3.05, 3.63) is 28.4 Å². The number of fused-ring (bicyclic) bond motifs is 1. The van der Waals surface area contributed by atoms with Crippen molar-refractivity contribution in [3.8, 4) is 0 Å². The van der Waals surface area contributed by atoms with Gasteiger partial charge in [0.2, 0.25) is 0 Å². The van der Waals surface area contributed by atoms with Crippen molar-refractivity contribution >= 4 is 39.0 Å². The van der Waals surface area contributed by atoms with E-state index in [1.807, 2.05) is 13.8 Å². The summed E-state index contributed by atoms with van der Waals surface area (Å²) in [5, 5.41) is 1.41. The molecule has 2 rings (SSSR count). The van der Waals surface area contributed by atoms with Gasteiger partial charge in [0.25, 0.3) is 0 Å². The molecule has 0 aromatic carbocycles. The molecule has 0 radical (unpaired) electrons. The van der Waals surface area contributed by atoms with Crippen LogP contribution < -0.4 is 0 Å². The predicted molar refractivity (Wildman–Crippen MR) is 69.8 cm³/mol. The zero-order chi connectivity index (χ0) is 12.4. The first-order valence-electron chi connectivity index (χ1n) is 5.28. The van der Waals surface area contributed by atoms with Crippen LogP contribution >= 0.6 is 22.9 Å². The normalized spacial score (nSPS) is 11.1. The maximum absolute atomic E-state index is 11.8. The molecule has 5 heteroatoms. The molecule has 0 amide bonds. The second kappa shape index (κ2) is 5.02. The molecule has 17 heavy (non-hydrogen) atoms. The molecule has 2 heterocycles. The predicted octanol–water partition coefficient (Wildman–Crippen LogP) is 3.76. The summed E-state index contributed by atoms with van der Waals surface area (Å²) >= 11 is 7.34. The van der Waals surface area contributed by atoms with E-state index in [2.05, 4.69) is 4.98 Å². The van der Waals surface area contributed by atoms with Crippen molar-refractivity contribution in [3.63, 3.8) is 0 Å². The molecule has 0 atom stereocenters. The van der Waals surface area contributed by atoms with E-state index in [1.54, 1.807) is 18.5 Å². The highest BCUT2D eigenvalue weighted by atomic mass is 35.5. The van der Waals surface area contributed by atoms with Crippen LogP contribution in [-0.4, -0.2) is 17.6 Å². The summed E-state index contributed by atoms with van der Waals surface area (Å²) in [5.41, 5.74) is 0. The Morgan fingerprint density at radius 3 is 2.94 bits per heavy atom. The molecule has 0 saturated heterocycles. The van der Waals surface area contributed by atoms with Gasteiger partial charge in [0.15, 0.2) is 0 Å². The number of pyridine rings is 1. The topological polar surface area (TPSA) is 39.2 Å². The van der Waals surface area contributed by atoms with Crippen LogP contribution in [0, 0.1) is 5.92 Å². The molecule has 0 saturated carbocycles. The molecule has 2 aromatic rings. The first-order chi connectivity index (χ1) is 8.08. The highest BCUT2D eigenvalue weighted by Crippen LogP contribution is 2.30. The molecule has 0 N–H and O–H groups in total. The quantitative estimate of drug-likeness (QED) is 0.797. The average molecular weight is 270 g/mol. The van der Waals surface area contributed by atoms with Gasteiger partial charge in [-0.1, -0.05) is 25.4 Å². The standard InChI is InChI=1S/C12H12ClNO2S/c1-7(2)6-16-12(15)10-3-8-9(13)4-14-5-11(8)17-10/h3-5,7H,6H2,1-2H3. The smallest absolute Gasteiger partial charge is 0.348 e. The monoisotopic (exact) mass is 269 g/mol. The molecule has 0 fully saturated rings. The Labute approximate surface area is 108 Å². The minimum absolute atomic E-state index is 0.295. The number of carbonyl (C=O) groups excluding carboxylic acids is 1. The van der Waals surface area contributed by atoms with E-state index >= 15 is 0 Å². The van der Waals surface area contributed by atoms with Crippen LogP contribution in [0.25, 0.3) is 10.1 Å². The Balaban J connectivity index is 2.24. The summed E-state index contributed by atoms with van der Waals surface area (Å²) in [6, 6.07) is 1.76. The molecule has 0 aliphatic rings. The molecule has 3 nitrogen and oxygen atoms in total. The lowest BCUT2D eigenvalue weighted by atomic mass is 10.2. The van der Waals surface area contributed by atoms with Gasteiger partial charge in [0.05, 0.1) is 16.3 Å². The van der Waals surface area contributed by atoms with E-state index in [-0.39, 0.29) is 5.97 Å². The average Bonchev–Trinajstić information content (AvgIpc) is 2.71. The number of ether oxygens (including phenoxy) is 1. The molecular weight excluding hydrogens is 258 g/mol. The van der Waals surface area contributed by atoms with Gasteiger partial charge in [-0.25, -0.2) is 4.79 Å². The SMILES string of the molecule is CC(C)COC(=O)c1cc2c(Cl)cncc2s1. The molecule has 0 bridgehead atoms. The number of hydrogen-bond donors (Lipinski definition) is 0. The minimum Gasteiger partial charge on any atom is -0.461 e. The second-order valence-electron chi connectivity index (χ2n) is 4.14. The first kappa shape index (κ1) is 12.3. The molecule has 90 valence electrons. The van der Waals surface area contributed by atoms with Gasteiger partial charge in [-0.2, -0.15) is 0 Å². The second-order valence-corrected chi connectivity index (χ2v) is 5.63. The van der Waals surface area contributed by atoms with Gasteiger partial charge in [0.1, 0.15) is 4.88 Å². The fourth-order valence-electron chi connectivity index (χ4n) is 1.34. The Kier molecular flexibility index (Phi) is 3.64. The summed E-state index contributed by atoms with van der Waals surface area (Å²) < 4.78 is 6.06. The fourth-order valence-corrected chi connectivity index (χ4v) is 2.56. The number of halogens is 1. The highest BCUT2D eigenvalue weighted by Gasteiger charge is 2.13. The van der Waals surface area contributed by atoms with Crippen molar-refractivity contribution in [2.45, 2.75) is 13.8 Å². The first-order valence-corrected chi connectivity index (χ1v) is 6.47. The van der Waals surface area contributed by atoms with E-state index in [1.165, 1.54) is 11.3 Å². The van der Waals surface area contributed by atoms with E-state index in [0.29, 0.717) is 22.4 Å². The Hall–Kier alpha value is -1.13. The molecule has 0 spiro atoms. The van der Waals surface area contributed by atoms with Crippen LogP contribution in [0.4, 0.5) is 0 Å². The van der Waals surface area contributed by atoms with Gasteiger partial charge in [-0.05, 0) is 12.0 Å². The van der Waals surface area contributed by atoms with E-state index in [9.17, 15) is 4.79 Å². The van der Waals surface area contributed by atoms with Crippen LogP contribution in [0.15, 0.2) is 18.5 Å². The minimum atomic E-state index is -0.295. The number of rotatable bonds is 3. The number of esters is 1. The lowest BCUT2D eigenvalue weighted by Crippen LogP contribution is -2.08. The van der Waals surface area contributed by atoms with Gasteiger partial charge >= 0.3 is 5.97 Å². The maximum Gasteiger partial charge on any atom is 0.348 e. The van der Waals surface area contributed by atoms with E-state index in [4.69, 9.17) is 16.3 Å². The molecular formula is C12H12ClNO2S. The van der Waals surface area contributed by atoms with Crippen molar-refractivity contribution in [1.82, 2.24) is 4.98 Å². The van der Waals surface area contributed by atoms with Gasteiger partial charge in [-0.3, -0.25) is 4.98 Å². The summed E-state index contributed by atoms with van der Waals surface area (Å²) in [6.07, 6.45) is 3.27. The highest BCUT2D eigenvalue weighted by molar-refractivity contribution is 7.20. The van der Waals surface area contributed by atoms with Crippen LogP contribution in [0.3, 0.4) is 0 Å². The van der Waals surface area contributed by atoms with Crippen LogP contribution in [-0.2, 0) is 4.74 Å². The number of thiophene rings is 1. The van der Waals surface area contributed by atoms with E-state index < -0.39 is 0 Å². The summed E-state index contributed by atoms with van der Waals surface area (Å²) in [6.45, 7) is 4.43. The van der Waals surface area contributed by atoms with Gasteiger partial charge in [0, 0.05) is 17.8 Å². The summed E-state index contributed by atoms with van der Waals surface area (Å²) in [4.78, 5) is 16.3. The van der Waals surface area contributed by atoms with Gasteiger partial charge in [-0.15, -0.1) is 11.3 Å². The fraction of sp³-hybridized carbons (Fsp3) is 0.333. The third kappa shape index (κ3) is 2.76. The number of aromatic nitrogens is 1. The van der Waals surface area contributed by atoms with Crippen molar-refractivity contribution in [2.24, 2.45) is 5.92 Å². The lowest BCUT2D eigenvalue weighted by molar-refractivity contribution is 0.0465. The molecule has 0 unspecified atom stereocenters. The van der Waals surface area contributed by atoms with Crippen LogP contribution in [0.2, 0.25) is 5.02 Å². The third-order valence-electron chi connectivity index (χ3n) is 2.15. The summed E-state index contributed by atoms with van der Waals surface area (Å²) in [5.74, 6) is 0.0366. The van der Waals surface area contributed by atoms with E-state index in [0.717, 1.165) is 10.1 Å². The third-order valence-corrected chi connectivity index (χ3v) is 3.50. The molecule has 0 aliphatic carbocycles. The van der Waals surface area contributed by atoms with Crippen LogP contribution in [0.1, 0.15) is 23.5 Å². The Morgan fingerprint density at radius 1 is 1.53 bits per heavy atom. The van der Waals surface area contributed by atoms with Crippen molar-refractivity contribution in [2.75, 3.05) is 6.61 Å². The zero-order valence-electron chi connectivity index (χ0n) is 9.57. The summed E-state index contributed by atoms with van der Waals surface area (Å²) in [7, 11) is 0. The number of nitrogens with zero attached hydrogens (tertiary/aromatic N) is 1. The Bertz CT molecular complexity index is 550. The Morgan fingerprint density at radius 2 is 2.29 bits per heavy atom. The molecule has 2 aromatic heterocycles. The lowest BCUT2D eigenvalue weighted by Gasteiger charge is -2.04. The number of hydrogen-bond acceptors (Lipinski definition) is 4. The van der Waals surface area contributed by atoms with Crippen LogP contribution in [0.5, 0.6) is 0 Å². The van der Waals surface area contributed by atoms with Crippen molar-refractivity contribution in [1.29, 1.82) is 0 Å². The largest absolute Gasteiger partial charge is 0.461 e.